The molecule has 1 fully saturated rings. The van der Waals surface area contributed by atoms with E-state index in [1.165, 1.54) is 0 Å². The van der Waals surface area contributed by atoms with Gasteiger partial charge in [-0.15, -0.1) is 0 Å². The highest BCUT2D eigenvalue weighted by Crippen LogP contribution is 2.26. The molecule has 1 aromatic carbocycles. The smallest absolute Gasteiger partial charge is 0.227 e. The Morgan fingerprint density at radius 2 is 2.00 bits per heavy atom. The summed E-state index contributed by atoms with van der Waals surface area (Å²) in [5, 5.41) is 2.87. The Morgan fingerprint density at radius 1 is 1.33 bits per heavy atom. The number of carbonyl (C=O) groups excluding carboxylic acids is 2. The van der Waals surface area contributed by atoms with Crippen molar-refractivity contribution in [2.45, 2.75) is 19.8 Å². The summed E-state index contributed by atoms with van der Waals surface area (Å²) in [6.07, 6.45) is 1.38. The third-order valence-corrected chi connectivity index (χ3v) is 3.81. The Kier molecular flexibility index (Phi) is 4.67. The molecule has 0 aromatic heterocycles. The fourth-order valence-electron chi connectivity index (χ4n) is 2.51. The molecule has 6 nitrogen and oxygen atoms in total. The Hall–Kier alpha value is -2.24. The maximum Gasteiger partial charge on any atom is 0.227 e. The van der Waals surface area contributed by atoms with Crippen molar-refractivity contribution in [2.75, 3.05) is 31.2 Å². The summed E-state index contributed by atoms with van der Waals surface area (Å²) >= 11 is 0. The molecule has 1 saturated heterocycles. The van der Waals surface area contributed by atoms with Crippen molar-refractivity contribution in [3.8, 4) is 5.75 Å². The van der Waals surface area contributed by atoms with Crippen LogP contribution in [0.25, 0.3) is 0 Å². The van der Waals surface area contributed by atoms with Crippen LogP contribution in [0.1, 0.15) is 19.8 Å². The quantitative estimate of drug-likeness (QED) is 0.826. The van der Waals surface area contributed by atoms with Crippen LogP contribution in [0.5, 0.6) is 5.75 Å². The van der Waals surface area contributed by atoms with Crippen LogP contribution >= 0.6 is 0 Å². The largest absolute Gasteiger partial charge is 0.495 e. The lowest BCUT2D eigenvalue weighted by molar-refractivity contribution is -0.132. The van der Waals surface area contributed by atoms with E-state index in [4.69, 9.17) is 10.5 Å². The summed E-state index contributed by atoms with van der Waals surface area (Å²) in [4.78, 5) is 25.3. The van der Waals surface area contributed by atoms with E-state index in [1.54, 1.807) is 37.1 Å². The van der Waals surface area contributed by atoms with E-state index < -0.39 is 0 Å². The molecule has 0 saturated carbocycles. The lowest BCUT2D eigenvalue weighted by Gasteiger charge is -2.30. The number of piperidine rings is 1. The van der Waals surface area contributed by atoms with Crippen LogP contribution in [-0.4, -0.2) is 36.9 Å². The lowest BCUT2D eigenvalue weighted by Crippen LogP contribution is -2.40. The number of rotatable bonds is 3. The van der Waals surface area contributed by atoms with E-state index in [1.807, 2.05) is 0 Å². The van der Waals surface area contributed by atoms with E-state index >= 15 is 0 Å². The average molecular weight is 291 g/mol. The van der Waals surface area contributed by atoms with Gasteiger partial charge in [0, 0.05) is 31.6 Å². The summed E-state index contributed by atoms with van der Waals surface area (Å²) in [5.74, 6) is 0.561. The molecular formula is C15H21N3O3. The number of ether oxygens (including phenoxy) is 1. The minimum absolute atomic E-state index is 0.0252. The number of benzene rings is 1. The molecular weight excluding hydrogens is 270 g/mol. The molecule has 0 radical (unpaired) electrons. The molecule has 1 heterocycles. The molecule has 1 aliphatic rings. The lowest BCUT2D eigenvalue weighted by atomic mass is 9.96. The van der Waals surface area contributed by atoms with Gasteiger partial charge in [0.2, 0.25) is 11.8 Å². The first kappa shape index (κ1) is 15.2. The van der Waals surface area contributed by atoms with Crippen LogP contribution in [-0.2, 0) is 9.59 Å². The Bertz CT molecular complexity index is 537. The van der Waals surface area contributed by atoms with E-state index in [-0.39, 0.29) is 17.7 Å². The second kappa shape index (κ2) is 6.47. The summed E-state index contributed by atoms with van der Waals surface area (Å²) in [6.45, 7) is 2.83. The summed E-state index contributed by atoms with van der Waals surface area (Å²) in [7, 11) is 1.55. The molecule has 1 aliphatic heterocycles. The number of anilines is 2. The minimum atomic E-state index is -0.0658. The molecule has 114 valence electrons. The highest BCUT2D eigenvalue weighted by Gasteiger charge is 2.26. The molecule has 0 bridgehead atoms. The molecule has 0 atom stereocenters. The maximum atomic E-state index is 12.2. The Morgan fingerprint density at radius 3 is 2.52 bits per heavy atom. The van der Waals surface area contributed by atoms with Gasteiger partial charge in [0.25, 0.3) is 0 Å². The predicted octanol–water partition coefficient (Wildman–Crippen LogP) is 1.47. The van der Waals surface area contributed by atoms with E-state index in [0.717, 1.165) is 0 Å². The molecule has 2 rings (SSSR count). The van der Waals surface area contributed by atoms with Crippen molar-refractivity contribution in [1.29, 1.82) is 0 Å². The summed E-state index contributed by atoms with van der Waals surface area (Å²) in [5.41, 5.74) is 6.96. The first-order chi connectivity index (χ1) is 10.0. The number of methoxy groups -OCH3 is 1. The summed E-state index contributed by atoms with van der Waals surface area (Å²) < 4.78 is 5.08. The van der Waals surface area contributed by atoms with E-state index in [2.05, 4.69) is 5.32 Å². The van der Waals surface area contributed by atoms with Gasteiger partial charge in [-0.2, -0.15) is 0 Å². The fraction of sp³-hybridized carbons (Fsp3) is 0.467. The third-order valence-electron chi connectivity index (χ3n) is 3.81. The number of nitrogens with one attached hydrogen (secondary N) is 1. The van der Waals surface area contributed by atoms with Gasteiger partial charge in [0.1, 0.15) is 5.75 Å². The van der Waals surface area contributed by atoms with Gasteiger partial charge in [-0.05, 0) is 31.0 Å². The van der Waals surface area contributed by atoms with Gasteiger partial charge in [-0.1, -0.05) is 0 Å². The van der Waals surface area contributed by atoms with Crippen LogP contribution in [0.3, 0.4) is 0 Å². The zero-order valence-corrected chi connectivity index (χ0v) is 12.4. The van der Waals surface area contributed by atoms with Gasteiger partial charge in [-0.3, -0.25) is 9.59 Å². The Balaban J connectivity index is 1.93. The first-order valence-corrected chi connectivity index (χ1v) is 7.01. The number of hydrogen-bond donors (Lipinski definition) is 2. The van der Waals surface area contributed by atoms with Crippen molar-refractivity contribution >= 4 is 23.2 Å². The Labute approximate surface area is 124 Å². The molecule has 21 heavy (non-hydrogen) atoms. The van der Waals surface area contributed by atoms with Gasteiger partial charge in [0.05, 0.1) is 12.8 Å². The normalized spacial score (nSPS) is 15.6. The van der Waals surface area contributed by atoms with Gasteiger partial charge in [-0.25, -0.2) is 0 Å². The number of hydrogen-bond acceptors (Lipinski definition) is 4. The van der Waals surface area contributed by atoms with Gasteiger partial charge < -0.3 is 20.7 Å². The van der Waals surface area contributed by atoms with E-state index in [9.17, 15) is 9.59 Å². The monoisotopic (exact) mass is 291 g/mol. The SMILES string of the molecule is COc1ccc(NC(=O)C2CCN(C(C)=O)CC2)cc1N. The maximum absolute atomic E-state index is 12.2. The summed E-state index contributed by atoms with van der Waals surface area (Å²) in [6, 6.07) is 5.17. The van der Waals surface area contributed by atoms with Crippen molar-refractivity contribution in [3.05, 3.63) is 18.2 Å². The number of amides is 2. The highest BCUT2D eigenvalue weighted by atomic mass is 16.5. The van der Waals surface area contributed by atoms with Crippen molar-refractivity contribution in [3.63, 3.8) is 0 Å². The molecule has 0 aliphatic carbocycles. The average Bonchev–Trinajstić information content (AvgIpc) is 2.47. The third kappa shape index (κ3) is 3.65. The highest BCUT2D eigenvalue weighted by molar-refractivity contribution is 5.93. The standard InChI is InChI=1S/C15H21N3O3/c1-10(19)18-7-5-11(6-8-18)15(20)17-12-3-4-14(21-2)13(16)9-12/h3-4,9,11H,5-8,16H2,1-2H3,(H,17,20). The first-order valence-electron chi connectivity index (χ1n) is 7.01. The zero-order valence-electron chi connectivity index (χ0n) is 12.4. The second-order valence-corrected chi connectivity index (χ2v) is 5.23. The number of nitrogens with two attached hydrogens (primary N) is 1. The van der Waals surface area contributed by atoms with Crippen LogP contribution in [0, 0.1) is 5.92 Å². The molecule has 0 spiro atoms. The van der Waals surface area contributed by atoms with Crippen molar-refractivity contribution < 1.29 is 14.3 Å². The molecule has 1 aromatic rings. The van der Waals surface area contributed by atoms with Gasteiger partial charge in [0.15, 0.2) is 0 Å². The number of carbonyl (C=O) groups is 2. The number of likely N-dealkylation sites (tertiary alicyclic amines) is 1. The number of nitrogen functional groups attached to an aromatic ring is 1. The fourth-order valence-corrected chi connectivity index (χ4v) is 2.51. The zero-order chi connectivity index (χ0) is 15.4. The number of nitrogens with zero attached hydrogens (tertiary/aromatic N) is 1. The second-order valence-electron chi connectivity index (χ2n) is 5.23. The molecule has 3 N–H and O–H groups in total. The molecule has 0 unspecified atom stereocenters. The predicted molar refractivity (Wildman–Crippen MR) is 81.0 cm³/mol. The van der Waals surface area contributed by atoms with Crippen LogP contribution in [0.2, 0.25) is 0 Å². The molecule has 2 amide bonds. The van der Waals surface area contributed by atoms with Crippen molar-refractivity contribution in [2.24, 2.45) is 5.92 Å². The van der Waals surface area contributed by atoms with Crippen LogP contribution < -0.4 is 15.8 Å². The van der Waals surface area contributed by atoms with Gasteiger partial charge >= 0.3 is 0 Å². The minimum Gasteiger partial charge on any atom is -0.495 e. The molecule has 6 heteroatoms. The van der Waals surface area contributed by atoms with E-state index in [0.29, 0.717) is 43.1 Å². The van der Waals surface area contributed by atoms with Crippen molar-refractivity contribution in [1.82, 2.24) is 4.90 Å². The topological polar surface area (TPSA) is 84.7 Å². The van der Waals surface area contributed by atoms with Crippen LogP contribution in [0.4, 0.5) is 11.4 Å². The van der Waals surface area contributed by atoms with Crippen LogP contribution in [0.15, 0.2) is 18.2 Å².